The van der Waals surface area contributed by atoms with Gasteiger partial charge >= 0.3 is 153 Å². The first-order chi connectivity index (χ1) is 11.5. The molecule has 0 aliphatic carbocycles. The van der Waals surface area contributed by atoms with E-state index < -0.39 is 5.91 Å². The Bertz CT molecular complexity index is 879. The summed E-state index contributed by atoms with van der Waals surface area (Å²) in [6.07, 6.45) is 0. The Labute approximate surface area is 153 Å². The summed E-state index contributed by atoms with van der Waals surface area (Å²) in [7, 11) is 0. The summed E-state index contributed by atoms with van der Waals surface area (Å²) in [6, 6.07) is 9.90. The molecule has 2 amide bonds. The van der Waals surface area contributed by atoms with Gasteiger partial charge < -0.3 is 0 Å². The molecule has 0 atom stereocenters. The van der Waals surface area contributed by atoms with Crippen LogP contribution in [-0.4, -0.2) is 37.8 Å². The summed E-state index contributed by atoms with van der Waals surface area (Å²) in [5.41, 5.74) is 2.48. The molecule has 0 saturated carbocycles. The topological polar surface area (TPSA) is 86.6 Å². The number of benzene rings is 2. The standard InChI is InChI=1S/C17H12AsBrNO4/c19-10-2-3-11-12(6-10)13(17(24)20-16(11)23)8-18-7-9-1-4-14(21)15(22)5-9/h1-6,8,21-22H,7H2,(H,20,23,24)/b13-8-. The van der Waals surface area contributed by atoms with E-state index in [2.05, 4.69) is 21.2 Å². The van der Waals surface area contributed by atoms with Crippen molar-refractivity contribution in [2.75, 3.05) is 0 Å². The molecule has 0 unspecified atom stereocenters. The van der Waals surface area contributed by atoms with Crippen molar-refractivity contribution in [2.24, 2.45) is 0 Å². The molecule has 0 bridgehead atoms. The summed E-state index contributed by atoms with van der Waals surface area (Å²) in [6.45, 7) is 0. The SMILES string of the molecule is O=C1NC(=O)c2ccc(Br)cc2/C1=C/[As]Cc1ccc(O)c(O)c1. The van der Waals surface area contributed by atoms with Crippen LogP contribution in [0, 0.1) is 0 Å². The first kappa shape index (κ1) is 16.8. The zero-order valence-corrected chi connectivity index (χ0v) is 15.7. The Morgan fingerprint density at radius 3 is 2.54 bits per heavy atom. The molecule has 0 spiro atoms. The van der Waals surface area contributed by atoms with E-state index in [1.165, 1.54) is 12.1 Å². The Balaban J connectivity index is 1.85. The van der Waals surface area contributed by atoms with Gasteiger partial charge in [0, 0.05) is 0 Å². The van der Waals surface area contributed by atoms with Crippen LogP contribution in [-0.2, 0) is 10.0 Å². The molecule has 0 saturated heterocycles. The molecule has 0 aromatic heterocycles. The van der Waals surface area contributed by atoms with Gasteiger partial charge in [-0.05, 0) is 0 Å². The minimum absolute atomic E-state index is 0.155. The predicted molar refractivity (Wildman–Crippen MR) is 93.8 cm³/mol. The molecule has 2 aromatic carbocycles. The van der Waals surface area contributed by atoms with Gasteiger partial charge in [0.2, 0.25) is 0 Å². The van der Waals surface area contributed by atoms with Gasteiger partial charge in [0.05, 0.1) is 0 Å². The second-order valence-corrected chi connectivity index (χ2v) is 8.07. The summed E-state index contributed by atoms with van der Waals surface area (Å²) >= 11 is 3.00. The number of nitrogens with one attached hydrogen (secondary N) is 1. The monoisotopic (exact) mass is 448 g/mol. The number of fused-ring (bicyclic) bond motifs is 1. The normalized spacial score (nSPS) is 15.8. The zero-order valence-electron chi connectivity index (χ0n) is 12.3. The molecule has 1 heterocycles. The van der Waals surface area contributed by atoms with Gasteiger partial charge in [-0.25, -0.2) is 0 Å². The van der Waals surface area contributed by atoms with Gasteiger partial charge in [-0.2, -0.15) is 0 Å². The van der Waals surface area contributed by atoms with Crippen LogP contribution in [0.3, 0.4) is 0 Å². The summed E-state index contributed by atoms with van der Waals surface area (Å²) in [4.78, 5) is 25.9. The molecule has 24 heavy (non-hydrogen) atoms. The zero-order chi connectivity index (χ0) is 17.3. The molecule has 2 aromatic rings. The maximum atomic E-state index is 12.1. The number of rotatable bonds is 3. The summed E-state index contributed by atoms with van der Waals surface area (Å²) in [5.74, 6) is -1.09. The van der Waals surface area contributed by atoms with Crippen molar-refractivity contribution >= 4 is 49.1 Å². The Kier molecular flexibility index (Phi) is 4.78. The van der Waals surface area contributed by atoms with Crippen molar-refractivity contribution in [1.29, 1.82) is 0 Å². The number of halogens is 1. The van der Waals surface area contributed by atoms with Crippen molar-refractivity contribution < 1.29 is 19.8 Å². The third kappa shape index (κ3) is 3.40. The van der Waals surface area contributed by atoms with Crippen LogP contribution in [0.2, 0.25) is 0 Å². The third-order valence-electron chi connectivity index (χ3n) is 3.52. The van der Waals surface area contributed by atoms with Crippen LogP contribution < -0.4 is 5.32 Å². The summed E-state index contributed by atoms with van der Waals surface area (Å²) < 4.78 is 0.800. The number of phenols is 2. The number of imide groups is 1. The van der Waals surface area contributed by atoms with Gasteiger partial charge in [0.25, 0.3) is 0 Å². The minimum atomic E-state index is -0.394. The second kappa shape index (κ2) is 6.83. The molecular formula is C17H12AsBrNO4. The van der Waals surface area contributed by atoms with Crippen LogP contribution in [0.4, 0.5) is 0 Å². The van der Waals surface area contributed by atoms with Gasteiger partial charge in [0.15, 0.2) is 0 Å². The van der Waals surface area contributed by atoms with Crippen molar-refractivity contribution in [3.63, 3.8) is 0 Å². The van der Waals surface area contributed by atoms with Crippen LogP contribution in [0.15, 0.2) is 45.7 Å². The molecule has 121 valence electrons. The number of carbonyl (C=O) groups is 2. The quantitative estimate of drug-likeness (QED) is 0.291. The first-order valence-electron chi connectivity index (χ1n) is 6.99. The third-order valence-corrected chi connectivity index (χ3v) is 6.09. The molecule has 7 heteroatoms. The van der Waals surface area contributed by atoms with Crippen LogP contribution in [0.25, 0.3) is 5.57 Å². The van der Waals surface area contributed by atoms with E-state index in [0.717, 1.165) is 10.0 Å². The number of amides is 2. The number of aromatic hydroxyl groups is 2. The first-order valence-corrected chi connectivity index (χ1v) is 10.2. The fourth-order valence-corrected chi connectivity index (χ4v) is 4.66. The van der Waals surface area contributed by atoms with E-state index in [9.17, 15) is 19.8 Å². The molecule has 1 aliphatic rings. The maximum absolute atomic E-state index is 12.1. The molecule has 5 nitrogen and oxygen atoms in total. The van der Waals surface area contributed by atoms with Crippen molar-refractivity contribution in [2.45, 2.75) is 5.21 Å². The van der Waals surface area contributed by atoms with Gasteiger partial charge in [-0.1, -0.05) is 0 Å². The number of phenolic OH excluding ortho intramolecular Hbond substituents is 2. The summed E-state index contributed by atoms with van der Waals surface area (Å²) in [5, 5.41) is 21.9. The van der Waals surface area contributed by atoms with E-state index in [-0.39, 0.29) is 33.2 Å². The molecule has 1 radical (unpaired) electrons. The van der Waals surface area contributed by atoms with Gasteiger partial charge in [-0.3, -0.25) is 0 Å². The van der Waals surface area contributed by atoms with Crippen LogP contribution in [0.1, 0.15) is 21.5 Å². The predicted octanol–water partition coefficient (Wildman–Crippen LogP) is 2.38. The Morgan fingerprint density at radius 2 is 1.79 bits per heavy atom. The van der Waals surface area contributed by atoms with Crippen LogP contribution >= 0.6 is 15.9 Å². The second-order valence-electron chi connectivity index (χ2n) is 5.18. The van der Waals surface area contributed by atoms with E-state index >= 15 is 0 Å². The fraction of sp³-hybridized carbons (Fsp3) is 0.0588. The van der Waals surface area contributed by atoms with Gasteiger partial charge in [-0.15, -0.1) is 0 Å². The van der Waals surface area contributed by atoms with Gasteiger partial charge in [0.1, 0.15) is 0 Å². The molecule has 0 fully saturated rings. The molecule has 3 rings (SSSR count). The van der Waals surface area contributed by atoms with Crippen molar-refractivity contribution in [3.8, 4) is 11.5 Å². The Hall–Kier alpha value is -2.04. The molecule has 1 aliphatic heterocycles. The molecule has 3 N–H and O–H groups in total. The van der Waals surface area contributed by atoms with Crippen molar-refractivity contribution in [1.82, 2.24) is 5.32 Å². The number of hydrogen-bond donors (Lipinski definition) is 3. The number of hydrogen-bond acceptors (Lipinski definition) is 4. The van der Waals surface area contributed by atoms with E-state index in [1.807, 2.05) is 4.86 Å². The fourth-order valence-electron chi connectivity index (χ4n) is 2.34. The van der Waals surface area contributed by atoms with E-state index in [1.54, 1.807) is 24.3 Å². The van der Waals surface area contributed by atoms with E-state index in [4.69, 9.17) is 0 Å². The van der Waals surface area contributed by atoms with Crippen LogP contribution in [0.5, 0.6) is 11.5 Å². The molecular weight excluding hydrogens is 437 g/mol. The van der Waals surface area contributed by atoms with E-state index in [0.29, 0.717) is 21.9 Å². The Morgan fingerprint density at radius 1 is 1.00 bits per heavy atom. The average Bonchev–Trinajstić information content (AvgIpc) is 2.53. The average molecular weight is 449 g/mol. The van der Waals surface area contributed by atoms with Crippen molar-refractivity contribution in [3.05, 3.63) is 62.4 Å². The number of carbonyl (C=O) groups excluding carboxylic acids is 2.